The van der Waals surface area contributed by atoms with Crippen molar-refractivity contribution in [1.82, 2.24) is 4.31 Å². The Balaban J connectivity index is 2.34. The molecule has 1 aliphatic rings. The van der Waals surface area contributed by atoms with Crippen molar-refractivity contribution in [2.24, 2.45) is 11.7 Å². The van der Waals surface area contributed by atoms with E-state index >= 15 is 0 Å². The zero-order chi connectivity index (χ0) is 13.5. The molecule has 2 atom stereocenters. The summed E-state index contributed by atoms with van der Waals surface area (Å²) in [6.07, 6.45) is 0. The molecule has 2 unspecified atom stereocenters. The predicted molar refractivity (Wildman–Crippen MR) is 70.0 cm³/mol. The Kier molecular flexibility index (Phi) is 3.77. The molecule has 100 valence electrons. The molecule has 1 aromatic rings. The predicted octanol–water partition coefficient (Wildman–Crippen LogP) is 1.56. The molecule has 1 fully saturated rings. The van der Waals surface area contributed by atoms with Crippen molar-refractivity contribution in [1.29, 1.82) is 0 Å². The van der Waals surface area contributed by atoms with E-state index in [-0.39, 0.29) is 27.9 Å². The van der Waals surface area contributed by atoms with E-state index in [0.717, 1.165) is 6.07 Å². The standard InChI is InChI=1S/C11H14BrFN2O2S/c1-7-5-15(6-11(7)14)18(16,17)8-2-3-9(12)10(13)4-8/h2-4,7,11H,5-6,14H2,1H3. The third-order valence-corrected chi connectivity index (χ3v) is 5.64. The first-order valence-corrected chi connectivity index (χ1v) is 7.76. The Bertz CT molecular complexity index is 554. The maximum atomic E-state index is 13.4. The number of hydrogen-bond donors (Lipinski definition) is 1. The lowest BCUT2D eigenvalue weighted by atomic mass is 10.1. The molecule has 2 N–H and O–H groups in total. The van der Waals surface area contributed by atoms with Gasteiger partial charge in [-0.05, 0) is 40.0 Å². The second-order valence-corrected chi connectivity index (χ2v) is 7.33. The highest BCUT2D eigenvalue weighted by molar-refractivity contribution is 9.10. The smallest absolute Gasteiger partial charge is 0.243 e. The van der Waals surface area contributed by atoms with Crippen LogP contribution in [0.15, 0.2) is 27.6 Å². The van der Waals surface area contributed by atoms with E-state index < -0.39 is 15.8 Å². The zero-order valence-electron chi connectivity index (χ0n) is 9.81. The average Bonchev–Trinajstić information content (AvgIpc) is 2.64. The van der Waals surface area contributed by atoms with E-state index in [9.17, 15) is 12.8 Å². The highest BCUT2D eigenvalue weighted by atomic mass is 79.9. The molecular weight excluding hydrogens is 323 g/mol. The lowest BCUT2D eigenvalue weighted by molar-refractivity contribution is 0.463. The number of nitrogens with two attached hydrogens (primary N) is 1. The molecule has 0 radical (unpaired) electrons. The Labute approximate surface area is 114 Å². The normalized spacial score (nSPS) is 25.6. The summed E-state index contributed by atoms with van der Waals surface area (Å²) in [5, 5.41) is 0. The molecule has 0 spiro atoms. The van der Waals surface area contributed by atoms with Crippen LogP contribution in [0.25, 0.3) is 0 Å². The van der Waals surface area contributed by atoms with Crippen molar-refractivity contribution >= 4 is 26.0 Å². The quantitative estimate of drug-likeness (QED) is 0.891. The van der Waals surface area contributed by atoms with E-state index in [0.29, 0.717) is 6.54 Å². The van der Waals surface area contributed by atoms with E-state index in [1.807, 2.05) is 6.92 Å². The minimum atomic E-state index is -3.65. The van der Waals surface area contributed by atoms with Gasteiger partial charge in [0.05, 0.1) is 9.37 Å². The molecule has 0 bridgehead atoms. The number of halogens is 2. The fraction of sp³-hybridized carbons (Fsp3) is 0.455. The van der Waals surface area contributed by atoms with Crippen LogP contribution in [0.4, 0.5) is 4.39 Å². The lowest BCUT2D eigenvalue weighted by Crippen LogP contribution is -2.32. The molecular formula is C11H14BrFN2O2S. The van der Waals surface area contributed by atoms with Crippen LogP contribution in [-0.4, -0.2) is 31.9 Å². The molecule has 1 saturated heterocycles. The maximum Gasteiger partial charge on any atom is 0.243 e. The molecule has 0 aliphatic carbocycles. The van der Waals surface area contributed by atoms with Crippen LogP contribution >= 0.6 is 15.9 Å². The van der Waals surface area contributed by atoms with Crippen LogP contribution in [0.2, 0.25) is 0 Å². The highest BCUT2D eigenvalue weighted by Gasteiger charge is 2.35. The summed E-state index contributed by atoms with van der Waals surface area (Å²) in [5.74, 6) is -0.479. The van der Waals surface area contributed by atoms with Gasteiger partial charge in [-0.3, -0.25) is 0 Å². The second kappa shape index (κ2) is 4.88. The fourth-order valence-corrected chi connectivity index (χ4v) is 3.77. The molecule has 0 amide bonds. The summed E-state index contributed by atoms with van der Waals surface area (Å²) in [7, 11) is -3.65. The van der Waals surface area contributed by atoms with Gasteiger partial charge < -0.3 is 5.73 Å². The van der Waals surface area contributed by atoms with Crippen molar-refractivity contribution in [2.75, 3.05) is 13.1 Å². The summed E-state index contributed by atoms with van der Waals surface area (Å²) >= 11 is 3.00. The van der Waals surface area contributed by atoms with Crippen LogP contribution in [0.5, 0.6) is 0 Å². The minimum Gasteiger partial charge on any atom is -0.326 e. The monoisotopic (exact) mass is 336 g/mol. The fourth-order valence-electron chi connectivity index (χ4n) is 1.93. The first-order chi connectivity index (χ1) is 8.32. The number of benzene rings is 1. The maximum absolute atomic E-state index is 13.4. The van der Waals surface area contributed by atoms with Crippen molar-refractivity contribution < 1.29 is 12.8 Å². The van der Waals surface area contributed by atoms with Crippen molar-refractivity contribution in [2.45, 2.75) is 17.9 Å². The second-order valence-electron chi connectivity index (χ2n) is 4.54. The molecule has 1 heterocycles. The van der Waals surface area contributed by atoms with Gasteiger partial charge in [0.1, 0.15) is 5.82 Å². The van der Waals surface area contributed by atoms with Crippen molar-refractivity contribution in [3.05, 3.63) is 28.5 Å². The van der Waals surface area contributed by atoms with Crippen LogP contribution in [0.3, 0.4) is 0 Å². The zero-order valence-corrected chi connectivity index (χ0v) is 12.2. The largest absolute Gasteiger partial charge is 0.326 e. The van der Waals surface area contributed by atoms with E-state index in [1.165, 1.54) is 16.4 Å². The van der Waals surface area contributed by atoms with E-state index in [4.69, 9.17) is 5.73 Å². The van der Waals surface area contributed by atoms with Gasteiger partial charge in [0.25, 0.3) is 0 Å². The Hall–Kier alpha value is -0.500. The molecule has 0 aromatic heterocycles. The minimum absolute atomic E-state index is 0.0375. The molecule has 4 nitrogen and oxygen atoms in total. The molecule has 18 heavy (non-hydrogen) atoms. The van der Waals surface area contributed by atoms with Gasteiger partial charge in [-0.15, -0.1) is 0 Å². The number of hydrogen-bond acceptors (Lipinski definition) is 3. The molecule has 0 saturated carbocycles. The van der Waals surface area contributed by atoms with Gasteiger partial charge in [0, 0.05) is 19.1 Å². The molecule has 2 rings (SSSR count). The molecule has 1 aromatic carbocycles. The first kappa shape index (κ1) is 13.9. The van der Waals surface area contributed by atoms with Crippen LogP contribution in [-0.2, 0) is 10.0 Å². The van der Waals surface area contributed by atoms with Crippen molar-refractivity contribution in [3.63, 3.8) is 0 Å². The third kappa shape index (κ3) is 2.45. The van der Waals surface area contributed by atoms with Crippen LogP contribution in [0.1, 0.15) is 6.92 Å². The van der Waals surface area contributed by atoms with Gasteiger partial charge in [-0.1, -0.05) is 6.92 Å². The van der Waals surface area contributed by atoms with Gasteiger partial charge in [0.15, 0.2) is 0 Å². The summed E-state index contributed by atoms with van der Waals surface area (Å²) in [4.78, 5) is -0.0375. The van der Waals surface area contributed by atoms with Gasteiger partial charge in [-0.25, -0.2) is 12.8 Å². The summed E-state index contributed by atoms with van der Waals surface area (Å²) in [6, 6.07) is 3.63. The Morgan fingerprint density at radius 3 is 2.61 bits per heavy atom. The summed E-state index contributed by atoms with van der Waals surface area (Å²) in [6.45, 7) is 2.56. The topological polar surface area (TPSA) is 63.4 Å². The first-order valence-electron chi connectivity index (χ1n) is 5.53. The molecule has 1 aliphatic heterocycles. The van der Waals surface area contributed by atoms with E-state index in [1.54, 1.807) is 0 Å². The third-order valence-electron chi connectivity index (χ3n) is 3.17. The van der Waals surface area contributed by atoms with Crippen LogP contribution < -0.4 is 5.73 Å². The number of nitrogens with zero attached hydrogens (tertiary/aromatic N) is 1. The SMILES string of the molecule is CC1CN(S(=O)(=O)c2ccc(Br)c(F)c2)CC1N. The number of rotatable bonds is 2. The van der Waals surface area contributed by atoms with E-state index in [2.05, 4.69) is 15.9 Å². The number of sulfonamides is 1. The lowest BCUT2D eigenvalue weighted by Gasteiger charge is -2.16. The van der Waals surface area contributed by atoms with Crippen LogP contribution in [0, 0.1) is 11.7 Å². The summed E-state index contributed by atoms with van der Waals surface area (Å²) < 4.78 is 39.5. The highest BCUT2D eigenvalue weighted by Crippen LogP contribution is 2.26. The van der Waals surface area contributed by atoms with Crippen molar-refractivity contribution in [3.8, 4) is 0 Å². The molecule has 7 heteroatoms. The Morgan fingerprint density at radius 1 is 1.44 bits per heavy atom. The average molecular weight is 337 g/mol. The van der Waals surface area contributed by atoms with Gasteiger partial charge in [-0.2, -0.15) is 4.31 Å². The van der Waals surface area contributed by atoms with Gasteiger partial charge >= 0.3 is 0 Å². The van der Waals surface area contributed by atoms with Gasteiger partial charge in [0.2, 0.25) is 10.0 Å². The summed E-state index contributed by atoms with van der Waals surface area (Å²) in [5.41, 5.74) is 5.81. The Morgan fingerprint density at radius 2 is 2.11 bits per heavy atom.